The number of rotatable bonds is 6. The predicted molar refractivity (Wildman–Crippen MR) is 68.8 cm³/mol. The van der Waals surface area contributed by atoms with Crippen molar-refractivity contribution < 1.29 is 5.11 Å². The Morgan fingerprint density at radius 2 is 2.38 bits per heavy atom. The Kier molecular flexibility index (Phi) is 4.47. The summed E-state index contributed by atoms with van der Waals surface area (Å²) in [5, 5.41) is 17.2. The van der Waals surface area contributed by atoms with Crippen LogP contribution in [0.3, 0.4) is 0 Å². The van der Waals surface area contributed by atoms with E-state index in [-0.39, 0.29) is 6.61 Å². The Morgan fingerprint density at radius 1 is 1.44 bits per heavy atom. The molecule has 0 unspecified atom stereocenters. The fraction of sp³-hybridized carbons (Fsp3) is 0.364. The van der Waals surface area contributed by atoms with Crippen LogP contribution in [0.5, 0.6) is 0 Å². The molecule has 0 fully saturated rings. The molecule has 0 aliphatic heterocycles. The molecule has 2 aromatic heterocycles. The zero-order valence-corrected chi connectivity index (χ0v) is 10.5. The molecule has 0 saturated heterocycles. The van der Waals surface area contributed by atoms with E-state index >= 15 is 0 Å². The molecule has 0 amide bonds. The lowest BCUT2D eigenvalue weighted by Gasteiger charge is -1.99. The van der Waals surface area contributed by atoms with Gasteiger partial charge < -0.3 is 10.4 Å². The Labute approximate surface area is 103 Å². The molecule has 2 aromatic rings. The third-order valence-corrected chi connectivity index (χ3v) is 3.86. The molecule has 0 aliphatic rings. The molecular formula is C11H14N2OS2. The quantitative estimate of drug-likeness (QED) is 0.778. The molecule has 3 nitrogen and oxygen atoms in total. The summed E-state index contributed by atoms with van der Waals surface area (Å²) in [5.74, 6) is 0. The van der Waals surface area contributed by atoms with Gasteiger partial charge in [-0.05, 0) is 24.4 Å². The number of aliphatic hydroxyl groups is 1. The van der Waals surface area contributed by atoms with Crippen LogP contribution in [0.1, 0.15) is 11.3 Å². The monoisotopic (exact) mass is 254 g/mol. The number of aromatic nitrogens is 1. The van der Waals surface area contributed by atoms with E-state index in [1.54, 1.807) is 22.7 Å². The number of hydrogen-bond donors (Lipinski definition) is 2. The van der Waals surface area contributed by atoms with Crippen LogP contribution < -0.4 is 5.32 Å². The lowest BCUT2D eigenvalue weighted by Crippen LogP contribution is -2.14. The number of aliphatic hydroxyl groups excluding tert-OH is 1. The van der Waals surface area contributed by atoms with E-state index < -0.39 is 0 Å². The number of nitrogens with one attached hydrogen (secondary N) is 1. The van der Waals surface area contributed by atoms with Gasteiger partial charge in [-0.1, -0.05) is 0 Å². The van der Waals surface area contributed by atoms with Crippen molar-refractivity contribution in [1.82, 2.24) is 10.3 Å². The summed E-state index contributed by atoms with van der Waals surface area (Å²) in [7, 11) is 0. The molecule has 0 atom stereocenters. The molecule has 16 heavy (non-hydrogen) atoms. The zero-order chi connectivity index (χ0) is 11.2. The fourth-order valence-corrected chi connectivity index (χ4v) is 2.92. The average Bonchev–Trinajstić information content (AvgIpc) is 2.94. The Hall–Kier alpha value is -0.750. The van der Waals surface area contributed by atoms with E-state index in [1.807, 2.05) is 6.20 Å². The molecule has 2 rings (SSSR count). The third kappa shape index (κ3) is 3.12. The minimum atomic E-state index is 0.246. The van der Waals surface area contributed by atoms with Crippen molar-refractivity contribution in [3.8, 4) is 10.6 Å². The van der Waals surface area contributed by atoms with Gasteiger partial charge in [0, 0.05) is 35.2 Å². The fourth-order valence-electron chi connectivity index (χ4n) is 1.32. The molecular weight excluding hydrogens is 240 g/mol. The van der Waals surface area contributed by atoms with Crippen LogP contribution in [0.2, 0.25) is 0 Å². The SMILES string of the molecule is OCCCNCc1cnc(-c2ccsc2)s1. The van der Waals surface area contributed by atoms with Crippen LogP contribution in [0, 0.1) is 0 Å². The molecule has 0 saturated carbocycles. The van der Waals surface area contributed by atoms with Gasteiger partial charge in [-0.3, -0.25) is 0 Å². The van der Waals surface area contributed by atoms with E-state index in [1.165, 1.54) is 10.4 Å². The minimum Gasteiger partial charge on any atom is -0.396 e. The van der Waals surface area contributed by atoms with Gasteiger partial charge in [-0.2, -0.15) is 11.3 Å². The Bertz CT molecular complexity index is 411. The number of thiazole rings is 1. The molecule has 0 aliphatic carbocycles. The van der Waals surface area contributed by atoms with Gasteiger partial charge in [0.15, 0.2) is 0 Å². The van der Waals surface area contributed by atoms with Crippen LogP contribution in [0.4, 0.5) is 0 Å². The minimum absolute atomic E-state index is 0.246. The smallest absolute Gasteiger partial charge is 0.124 e. The molecule has 0 spiro atoms. The summed E-state index contributed by atoms with van der Waals surface area (Å²) < 4.78 is 0. The summed E-state index contributed by atoms with van der Waals surface area (Å²) >= 11 is 3.41. The largest absolute Gasteiger partial charge is 0.396 e. The highest BCUT2D eigenvalue weighted by atomic mass is 32.1. The Balaban J connectivity index is 1.88. The van der Waals surface area contributed by atoms with Crippen LogP contribution in [-0.2, 0) is 6.54 Å². The average molecular weight is 254 g/mol. The first-order chi connectivity index (χ1) is 7.90. The van der Waals surface area contributed by atoms with Crippen LogP contribution in [0.25, 0.3) is 10.6 Å². The lowest BCUT2D eigenvalue weighted by atomic mass is 10.4. The summed E-state index contributed by atoms with van der Waals surface area (Å²) in [5.41, 5.74) is 1.21. The zero-order valence-electron chi connectivity index (χ0n) is 8.85. The second-order valence-corrected chi connectivity index (χ2v) is 5.29. The first kappa shape index (κ1) is 11.7. The third-order valence-electron chi connectivity index (χ3n) is 2.13. The number of hydrogen-bond acceptors (Lipinski definition) is 5. The van der Waals surface area contributed by atoms with Crippen molar-refractivity contribution in [2.45, 2.75) is 13.0 Å². The van der Waals surface area contributed by atoms with Crippen molar-refractivity contribution in [3.63, 3.8) is 0 Å². The highest BCUT2D eigenvalue weighted by Crippen LogP contribution is 2.26. The van der Waals surface area contributed by atoms with E-state index in [9.17, 15) is 0 Å². The van der Waals surface area contributed by atoms with E-state index in [2.05, 4.69) is 27.1 Å². The maximum Gasteiger partial charge on any atom is 0.124 e. The number of nitrogens with zero attached hydrogens (tertiary/aromatic N) is 1. The van der Waals surface area contributed by atoms with Crippen molar-refractivity contribution in [2.24, 2.45) is 0 Å². The van der Waals surface area contributed by atoms with Gasteiger partial charge in [-0.15, -0.1) is 11.3 Å². The second kappa shape index (κ2) is 6.10. The molecule has 0 aromatic carbocycles. The summed E-state index contributed by atoms with van der Waals surface area (Å²) in [6.07, 6.45) is 2.72. The van der Waals surface area contributed by atoms with Gasteiger partial charge in [0.25, 0.3) is 0 Å². The molecule has 2 N–H and O–H groups in total. The topological polar surface area (TPSA) is 45.1 Å². The van der Waals surface area contributed by atoms with Gasteiger partial charge in [0.05, 0.1) is 0 Å². The van der Waals surface area contributed by atoms with Crippen LogP contribution in [0.15, 0.2) is 23.0 Å². The second-order valence-electron chi connectivity index (χ2n) is 3.40. The van der Waals surface area contributed by atoms with Crippen LogP contribution in [-0.4, -0.2) is 23.2 Å². The highest BCUT2D eigenvalue weighted by Gasteiger charge is 2.04. The molecule has 86 valence electrons. The molecule has 5 heteroatoms. The number of thiophene rings is 1. The van der Waals surface area contributed by atoms with Crippen molar-refractivity contribution in [1.29, 1.82) is 0 Å². The first-order valence-corrected chi connectivity index (χ1v) is 6.95. The van der Waals surface area contributed by atoms with Gasteiger partial charge in [0.2, 0.25) is 0 Å². The summed E-state index contributed by atoms with van der Waals surface area (Å²) in [6, 6.07) is 2.09. The highest BCUT2D eigenvalue weighted by molar-refractivity contribution is 7.15. The van der Waals surface area contributed by atoms with E-state index in [4.69, 9.17) is 5.11 Å². The van der Waals surface area contributed by atoms with Gasteiger partial charge in [0.1, 0.15) is 5.01 Å². The molecule has 2 heterocycles. The van der Waals surface area contributed by atoms with E-state index in [0.29, 0.717) is 0 Å². The van der Waals surface area contributed by atoms with Crippen molar-refractivity contribution in [3.05, 3.63) is 27.9 Å². The van der Waals surface area contributed by atoms with Gasteiger partial charge >= 0.3 is 0 Å². The predicted octanol–water partition coefficient (Wildman–Crippen LogP) is 2.34. The van der Waals surface area contributed by atoms with Gasteiger partial charge in [-0.25, -0.2) is 4.98 Å². The first-order valence-electron chi connectivity index (χ1n) is 5.19. The lowest BCUT2D eigenvalue weighted by molar-refractivity contribution is 0.286. The molecule has 0 bridgehead atoms. The Morgan fingerprint density at radius 3 is 3.12 bits per heavy atom. The summed E-state index contributed by atoms with van der Waals surface area (Å²) in [6.45, 7) is 1.93. The standard InChI is InChI=1S/C11H14N2OS2/c14-4-1-3-12-6-10-7-13-11(16-10)9-2-5-15-8-9/h2,5,7-8,12,14H,1,3-4,6H2. The summed E-state index contributed by atoms with van der Waals surface area (Å²) in [4.78, 5) is 5.63. The normalized spacial score (nSPS) is 10.8. The van der Waals surface area contributed by atoms with E-state index in [0.717, 1.165) is 24.5 Å². The van der Waals surface area contributed by atoms with Crippen LogP contribution >= 0.6 is 22.7 Å². The molecule has 0 radical (unpaired) electrons. The maximum absolute atomic E-state index is 8.64. The maximum atomic E-state index is 8.64. The van der Waals surface area contributed by atoms with Crippen molar-refractivity contribution >= 4 is 22.7 Å². The van der Waals surface area contributed by atoms with Crippen molar-refractivity contribution in [2.75, 3.05) is 13.2 Å².